The molecule has 4 heteroatoms. The van der Waals surface area contributed by atoms with Gasteiger partial charge in [0, 0.05) is 24.2 Å². The van der Waals surface area contributed by atoms with Crippen LogP contribution in [0.5, 0.6) is 0 Å². The van der Waals surface area contributed by atoms with Crippen LogP contribution in [0.3, 0.4) is 0 Å². The van der Waals surface area contributed by atoms with E-state index in [0.717, 1.165) is 36.2 Å². The van der Waals surface area contributed by atoms with E-state index in [1.54, 1.807) is 0 Å². The molecule has 0 aliphatic carbocycles. The summed E-state index contributed by atoms with van der Waals surface area (Å²) in [4.78, 5) is 26.9. The summed E-state index contributed by atoms with van der Waals surface area (Å²) in [5.41, 5.74) is 2.65. The monoisotopic (exact) mass is 316 g/mol. The second-order valence-corrected chi connectivity index (χ2v) is 7.65. The van der Waals surface area contributed by atoms with Crippen LogP contribution in [-0.4, -0.2) is 29.8 Å². The zero-order valence-electron chi connectivity index (χ0n) is 14.9. The molecular weight excluding hydrogens is 288 g/mol. The number of amides is 2. The predicted molar refractivity (Wildman–Crippen MR) is 93.3 cm³/mol. The second-order valence-electron chi connectivity index (χ2n) is 7.65. The van der Waals surface area contributed by atoms with E-state index in [9.17, 15) is 9.59 Å². The van der Waals surface area contributed by atoms with E-state index in [1.807, 2.05) is 57.7 Å². The Labute approximate surface area is 139 Å². The summed E-state index contributed by atoms with van der Waals surface area (Å²) >= 11 is 0. The van der Waals surface area contributed by atoms with Gasteiger partial charge in [-0.2, -0.15) is 0 Å². The van der Waals surface area contributed by atoms with Crippen LogP contribution in [-0.2, 0) is 9.59 Å². The third-order valence-electron chi connectivity index (χ3n) is 4.37. The molecule has 1 aromatic carbocycles. The van der Waals surface area contributed by atoms with E-state index in [4.69, 9.17) is 0 Å². The molecule has 2 rings (SSSR count). The number of aryl methyl sites for hydroxylation is 2. The number of anilines is 1. The van der Waals surface area contributed by atoms with Gasteiger partial charge in [-0.25, -0.2) is 0 Å². The Hall–Kier alpha value is -1.84. The van der Waals surface area contributed by atoms with Crippen molar-refractivity contribution >= 4 is 17.5 Å². The van der Waals surface area contributed by atoms with Crippen LogP contribution >= 0.6 is 0 Å². The minimum Gasteiger partial charge on any atom is -0.341 e. The number of hydrogen-bond donors (Lipinski definition) is 1. The molecule has 1 N–H and O–H groups in total. The van der Waals surface area contributed by atoms with Gasteiger partial charge in [0.2, 0.25) is 11.8 Å². The van der Waals surface area contributed by atoms with Crippen LogP contribution in [0.25, 0.3) is 0 Å². The summed E-state index contributed by atoms with van der Waals surface area (Å²) in [6, 6.07) is 6.05. The first kappa shape index (κ1) is 17.5. The van der Waals surface area contributed by atoms with Crippen molar-refractivity contribution in [2.75, 3.05) is 18.4 Å². The van der Waals surface area contributed by atoms with Gasteiger partial charge in [0.15, 0.2) is 0 Å². The lowest BCUT2D eigenvalue weighted by Crippen LogP contribution is -2.47. The number of carbonyl (C=O) groups excluding carboxylic acids is 2. The smallest absolute Gasteiger partial charge is 0.229 e. The standard InChI is InChI=1S/C19H28N2O2/c1-13-8-9-14(2)16(11-13)20-17(22)15-7-6-10-21(12-15)18(23)19(3,4)5/h8-9,11,15H,6-7,10,12H2,1-5H3,(H,20,22). The molecule has 1 aliphatic rings. The van der Waals surface area contributed by atoms with Gasteiger partial charge in [-0.15, -0.1) is 0 Å². The maximum atomic E-state index is 12.6. The van der Waals surface area contributed by atoms with Gasteiger partial charge >= 0.3 is 0 Å². The number of nitrogens with one attached hydrogen (secondary N) is 1. The summed E-state index contributed by atoms with van der Waals surface area (Å²) in [7, 11) is 0. The quantitative estimate of drug-likeness (QED) is 0.907. The summed E-state index contributed by atoms with van der Waals surface area (Å²) < 4.78 is 0. The number of carbonyl (C=O) groups is 2. The Balaban J connectivity index is 2.05. The molecule has 1 atom stereocenters. The first-order valence-corrected chi connectivity index (χ1v) is 8.36. The molecule has 0 spiro atoms. The van der Waals surface area contributed by atoms with E-state index < -0.39 is 5.41 Å². The van der Waals surface area contributed by atoms with Crippen molar-refractivity contribution in [2.45, 2.75) is 47.5 Å². The topological polar surface area (TPSA) is 49.4 Å². The summed E-state index contributed by atoms with van der Waals surface area (Å²) in [6.45, 7) is 11.1. The highest BCUT2D eigenvalue weighted by molar-refractivity contribution is 5.94. The Kier molecular flexibility index (Phi) is 5.12. The number of likely N-dealkylation sites (tertiary alicyclic amines) is 1. The lowest BCUT2D eigenvalue weighted by atomic mass is 9.91. The van der Waals surface area contributed by atoms with Crippen LogP contribution in [0.2, 0.25) is 0 Å². The molecule has 1 fully saturated rings. The molecule has 126 valence electrons. The molecule has 1 aromatic rings. The minimum atomic E-state index is -0.397. The molecule has 0 aromatic heterocycles. The second kappa shape index (κ2) is 6.73. The molecule has 2 amide bonds. The first-order chi connectivity index (χ1) is 10.7. The Morgan fingerprint density at radius 3 is 2.57 bits per heavy atom. The molecule has 1 saturated heterocycles. The van der Waals surface area contributed by atoms with Gasteiger partial charge in [-0.3, -0.25) is 9.59 Å². The van der Waals surface area contributed by atoms with Crippen molar-refractivity contribution < 1.29 is 9.59 Å². The average molecular weight is 316 g/mol. The van der Waals surface area contributed by atoms with Crippen LogP contribution in [0.15, 0.2) is 18.2 Å². The van der Waals surface area contributed by atoms with Crippen molar-refractivity contribution in [1.29, 1.82) is 0 Å². The molecule has 1 unspecified atom stereocenters. The Morgan fingerprint density at radius 1 is 1.22 bits per heavy atom. The van der Waals surface area contributed by atoms with E-state index in [1.165, 1.54) is 0 Å². The van der Waals surface area contributed by atoms with E-state index in [2.05, 4.69) is 5.32 Å². The molecule has 1 aliphatic heterocycles. The number of benzene rings is 1. The third-order valence-corrected chi connectivity index (χ3v) is 4.37. The molecule has 0 saturated carbocycles. The van der Waals surface area contributed by atoms with Crippen LogP contribution in [0, 0.1) is 25.2 Å². The lowest BCUT2D eigenvalue weighted by Gasteiger charge is -2.36. The van der Waals surface area contributed by atoms with Crippen molar-refractivity contribution in [3.63, 3.8) is 0 Å². The lowest BCUT2D eigenvalue weighted by molar-refractivity contribution is -0.142. The summed E-state index contributed by atoms with van der Waals surface area (Å²) in [6.07, 6.45) is 1.72. The maximum absolute atomic E-state index is 12.6. The average Bonchev–Trinajstić information content (AvgIpc) is 2.49. The third kappa shape index (κ3) is 4.34. The predicted octanol–water partition coefficient (Wildman–Crippen LogP) is 3.53. The van der Waals surface area contributed by atoms with Crippen molar-refractivity contribution in [3.05, 3.63) is 29.3 Å². The molecule has 0 bridgehead atoms. The van der Waals surface area contributed by atoms with E-state index in [0.29, 0.717) is 6.54 Å². The zero-order chi connectivity index (χ0) is 17.2. The largest absolute Gasteiger partial charge is 0.341 e. The van der Waals surface area contributed by atoms with Gasteiger partial charge in [-0.1, -0.05) is 32.9 Å². The number of hydrogen-bond acceptors (Lipinski definition) is 2. The summed E-state index contributed by atoms with van der Waals surface area (Å²) in [5.74, 6) is 0.0156. The highest BCUT2D eigenvalue weighted by Gasteiger charge is 2.33. The number of nitrogens with zero attached hydrogens (tertiary/aromatic N) is 1. The van der Waals surface area contributed by atoms with Crippen molar-refractivity contribution in [3.8, 4) is 0 Å². The molecule has 0 radical (unpaired) electrons. The van der Waals surface area contributed by atoms with Crippen molar-refractivity contribution in [1.82, 2.24) is 4.90 Å². The SMILES string of the molecule is Cc1ccc(C)c(NC(=O)C2CCCN(C(=O)C(C)(C)C)C2)c1. The van der Waals surface area contributed by atoms with E-state index >= 15 is 0 Å². The van der Waals surface area contributed by atoms with Gasteiger partial charge in [0.25, 0.3) is 0 Å². The molecule has 23 heavy (non-hydrogen) atoms. The fraction of sp³-hybridized carbons (Fsp3) is 0.579. The zero-order valence-corrected chi connectivity index (χ0v) is 14.9. The van der Waals surface area contributed by atoms with Crippen LogP contribution in [0.1, 0.15) is 44.7 Å². The van der Waals surface area contributed by atoms with Gasteiger partial charge in [-0.05, 0) is 43.9 Å². The fourth-order valence-electron chi connectivity index (χ4n) is 2.96. The van der Waals surface area contributed by atoms with Gasteiger partial charge < -0.3 is 10.2 Å². The Morgan fingerprint density at radius 2 is 1.91 bits per heavy atom. The van der Waals surface area contributed by atoms with Crippen LogP contribution < -0.4 is 5.32 Å². The van der Waals surface area contributed by atoms with Gasteiger partial charge in [0.1, 0.15) is 0 Å². The van der Waals surface area contributed by atoms with Crippen molar-refractivity contribution in [2.24, 2.45) is 11.3 Å². The highest BCUT2D eigenvalue weighted by Crippen LogP contribution is 2.25. The molecule has 1 heterocycles. The molecular formula is C19H28N2O2. The molecule has 4 nitrogen and oxygen atoms in total. The van der Waals surface area contributed by atoms with Crippen LogP contribution in [0.4, 0.5) is 5.69 Å². The number of rotatable bonds is 2. The summed E-state index contributed by atoms with van der Waals surface area (Å²) in [5, 5.41) is 3.04. The highest BCUT2D eigenvalue weighted by atomic mass is 16.2. The number of piperidine rings is 1. The first-order valence-electron chi connectivity index (χ1n) is 8.36. The fourth-order valence-corrected chi connectivity index (χ4v) is 2.96. The van der Waals surface area contributed by atoms with Gasteiger partial charge in [0.05, 0.1) is 5.92 Å². The van der Waals surface area contributed by atoms with E-state index in [-0.39, 0.29) is 17.7 Å². The normalized spacial score (nSPS) is 18.7. The Bertz CT molecular complexity index is 602. The minimum absolute atomic E-state index is 0.0186. The maximum Gasteiger partial charge on any atom is 0.229 e.